The van der Waals surface area contributed by atoms with Crippen molar-refractivity contribution in [2.45, 2.75) is 10.8 Å². The summed E-state index contributed by atoms with van der Waals surface area (Å²) < 4.78 is 22.6. The highest BCUT2D eigenvalue weighted by Gasteiger charge is 2.19. The first-order valence-electron chi connectivity index (χ1n) is 4.59. The summed E-state index contributed by atoms with van der Waals surface area (Å²) in [6.45, 7) is -0.0669. The van der Waals surface area contributed by atoms with Crippen molar-refractivity contribution in [1.29, 1.82) is 0 Å². The summed E-state index contributed by atoms with van der Waals surface area (Å²) in [7, 11) is -3.33. The Hall–Kier alpha value is -1.40. The molecule has 0 aliphatic rings. The molecule has 3 N–H and O–H groups in total. The maximum Gasteiger partial charge on any atom is 0.312 e. The van der Waals surface area contributed by atoms with Crippen LogP contribution >= 0.6 is 0 Å². The standard InChI is InChI=1S/C10H13NO4S/c1-16(14,15)8-4-2-3-7(5-8)9(6-11)10(12)13/h2-5,9H,6,11H2,1H3,(H,12,13). The van der Waals surface area contributed by atoms with Crippen LogP contribution in [0, 0.1) is 0 Å². The molecule has 0 saturated carbocycles. The van der Waals surface area contributed by atoms with Gasteiger partial charge in [-0.25, -0.2) is 8.42 Å². The Morgan fingerprint density at radius 1 is 1.50 bits per heavy atom. The molecular formula is C10H13NO4S. The van der Waals surface area contributed by atoms with E-state index in [1.807, 2.05) is 0 Å². The summed E-state index contributed by atoms with van der Waals surface area (Å²) in [6.07, 6.45) is 1.07. The quantitative estimate of drug-likeness (QED) is 0.788. The molecule has 1 rings (SSSR count). The lowest BCUT2D eigenvalue weighted by molar-refractivity contribution is -0.138. The van der Waals surface area contributed by atoms with Crippen molar-refractivity contribution in [3.63, 3.8) is 0 Å². The van der Waals surface area contributed by atoms with Gasteiger partial charge in [0.15, 0.2) is 9.84 Å². The van der Waals surface area contributed by atoms with Crippen LogP contribution in [0.4, 0.5) is 0 Å². The van der Waals surface area contributed by atoms with Gasteiger partial charge < -0.3 is 10.8 Å². The molecule has 0 heterocycles. The molecule has 0 aliphatic heterocycles. The third-order valence-corrected chi connectivity index (χ3v) is 3.33. The molecule has 0 aromatic heterocycles. The van der Waals surface area contributed by atoms with Crippen molar-refractivity contribution >= 4 is 15.8 Å². The highest BCUT2D eigenvalue weighted by atomic mass is 32.2. The second kappa shape index (κ2) is 4.63. The molecule has 6 heteroatoms. The van der Waals surface area contributed by atoms with Crippen LogP contribution in [0.1, 0.15) is 11.5 Å². The first-order valence-corrected chi connectivity index (χ1v) is 6.48. The third kappa shape index (κ3) is 2.80. The van der Waals surface area contributed by atoms with Gasteiger partial charge in [0.1, 0.15) is 0 Å². The number of sulfone groups is 1. The minimum absolute atomic E-state index is 0.0669. The number of hydrogen-bond donors (Lipinski definition) is 2. The van der Waals surface area contributed by atoms with Crippen molar-refractivity contribution in [3.05, 3.63) is 29.8 Å². The zero-order valence-electron chi connectivity index (χ0n) is 8.75. The molecule has 0 radical (unpaired) electrons. The van der Waals surface area contributed by atoms with E-state index in [0.29, 0.717) is 5.56 Å². The van der Waals surface area contributed by atoms with E-state index >= 15 is 0 Å². The normalized spacial score (nSPS) is 13.4. The lowest BCUT2D eigenvalue weighted by atomic mass is 10.00. The average molecular weight is 243 g/mol. The van der Waals surface area contributed by atoms with Crippen molar-refractivity contribution in [1.82, 2.24) is 0 Å². The number of hydrogen-bond acceptors (Lipinski definition) is 4. The summed E-state index contributed by atoms with van der Waals surface area (Å²) >= 11 is 0. The monoisotopic (exact) mass is 243 g/mol. The van der Waals surface area contributed by atoms with Gasteiger partial charge in [0.05, 0.1) is 10.8 Å². The van der Waals surface area contributed by atoms with Crippen LogP contribution in [0.2, 0.25) is 0 Å². The van der Waals surface area contributed by atoms with E-state index < -0.39 is 21.7 Å². The first kappa shape index (κ1) is 12.7. The van der Waals surface area contributed by atoms with Crippen LogP contribution in [0.15, 0.2) is 29.2 Å². The van der Waals surface area contributed by atoms with E-state index in [9.17, 15) is 13.2 Å². The van der Waals surface area contributed by atoms with Gasteiger partial charge in [-0.15, -0.1) is 0 Å². The highest BCUT2D eigenvalue weighted by molar-refractivity contribution is 7.90. The zero-order chi connectivity index (χ0) is 12.3. The average Bonchev–Trinajstić information content (AvgIpc) is 2.17. The minimum Gasteiger partial charge on any atom is -0.481 e. The number of rotatable bonds is 4. The summed E-state index contributed by atoms with van der Waals surface area (Å²) in [5, 5.41) is 8.89. The van der Waals surface area contributed by atoms with Gasteiger partial charge in [0, 0.05) is 12.8 Å². The Morgan fingerprint density at radius 3 is 2.56 bits per heavy atom. The van der Waals surface area contributed by atoms with Crippen LogP contribution in [0.25, 0.3) is 0 Å². The fourth-order valence-corrected chi connectivity index (χ4v) is 2.02. The molecule has 16 heavy (non-hydrogen) atoms. The van der Waals surface area contributed by atoms with Gasteiger partial charge >= 0.3 is 5.97 Å². The van der Waals surface area contributed by atoms with Gasteiger partial charge in [-0.05, 0) is 17.7 Å². The summed E-state index contributed by atoms with van der Waals surface area (Å²) in [6, 6.07) is 5.84. The number of aliphatic carboxylic acids is 1. The Balaban J connectivity index is 3.22. The Morgan fingerprint density at radius 2 is 2.12 bits per heavy atom. The Kier molecular flexibility index (Phi) is 3.66. The molecule has 0 amide bonds. The maximum atomic E-state index is 11.3. The number of carboxylic acid groups (broad SMARTS) is 1. The number of carbonyl (C=O) groups is 1. The summed E-state index contributed by atoms with van der Waals surface area (Å²) in [5.41, 5.74) is 5.74. The Bertz CT molecular complexity index is 495. The molecule has 1 aromatic rings. The van der Waals surface area contributed by atoms with E-state index in [-0.39, 0.29) is 11.4 Å². The van der Waals surface area contributed by atoms with Crippen LogP contribution < -0.4 is 5.73 Å². The number of benzene rings is 1. The van der Waals surface area contributed by atoms with E-state index in [1.165, 1.54) is 18.2 Å². The summed E-state index contributed by atoms with van der Waals surface area (Å²) in [4.78, 5) is 11.0. The van der Waals surface area contributed by atoms with Crippen molar-refractivity contribution in [3.8, 4) is 0 Å². The molecule has 0 fully saturated rings. The van der Waals surface area contributed by atoms with E-state index in [1.54, 1.807) is 6.07 Å². The minimum atomic E-state index is -3.33. The topological polar surface area (TPSA) is 97.5 Å². The van der Waals surface area contributed by atoms with E-state index in [4.69, 9.17) is 10.8 Å². The van der Waals surface area contributed by atoms with Crippen molar-refractivity contribution < 1.29 is 18.3 Å². The molecular weight excluding hydrogens is 230 g/mol. The van der Waals surface area contributed by atoms with Crippen molar-refractivity contribution in [2.75, 3.05) is 12.8 Å². The second-order valence-corrected chi connectivity index (χ2v) is 5.49. The number of nitrogens with two attached hydrogens (primary N) is 1. The predicted molar refractivity (Wildman–Crippen MR) is 59.0 cm³/mol. The maximum absolute atomic E-state index is 11.3. The van der Waals surface area contributed by atoms with Gasteiger partial charge in [-0.2, -0.15) is 0 Å². The SMILES string of the molecule is CS(=O)(=O)c1cccc(C(CN)C(=O)O)c1. The lowest BCUT2D eigenvalue weighted by Crippen LogP contribution is -2.21. The van der Waals surface area contributed by atoms with Crippen molar-refractivity contribution in [2.24, 2.45) is 5.73 Å². The molecule has 88 valence electrons. The first-order chi connectivity index (χ1) is 7.36. The van der Waals surface area contributed by atoms with Gasteiger partial charge in [-0.1, -0.05) is 12.1 Å². The fraction of sp³-hybridized carbons (Fsp3) is 0.300. The third-order valence-electron chi connectivity index (χ3n) is 2.22. The largest absolute Gasteiger partial charge is 0.481 e. The molecule has 1 aromatic carbocycles. The second-order valence-electron chi connectivity index (χ2n) is 3.47. The lowest BCUT2D eigenvalue weighted by Gasteiger charge is -2.10. The predicted octanol–water partition coefficient (Wildman–Crippen LogP) is 0.217. The molecule has 1 unspecified atom stereocenters. The fourth-order valence-electron chi connectivity index (χ4n) is 1.34. The molecule has 5 nitrogen and oxygen atoms in total. The zero-order valence-corrected chi connectivity index (χ0v) is 9.57. The van der Waals surface area contributed by atoms with Crippen LogP contribution in [-0.2, 0) is 14.6 Å². The Labute approximate surface area is 93.8 Å². The van der Waals surface area contributed by atoms with Crippen LogP contribution in [-0.4, -0.2) is 32.3 Å². The molecule has 1 atom stereocenters. The van der Waals surface area contributed by atoms with Crippen LogP contribution in [0.3, 0.4) is 0 Å². The van der Waals surface area contributed by atoms with Gasteiger partial charge in [-0.3, -0.25) is 4.79 Å². The van der Waals surface area contributed by atoms with Gasteiger partial charge in [0.25, 0.3) is 0 Å². The van der Waals surface area contributed by atoms with E-state index in [2.05, 4.69) is 0 Å². The molecule has 0 saturated heterocycles. The van der Waals surface area contributed by atoms with Crippen LogP contribution in [0.5, 0.6) is 0 Å². The highest BCUT2D eigenvalue weighted by Crippen LogP contribution is 2.19. The number of carboxylic acids is 1. The summed E-state index contributed by atoms with van der Waals surface area (Å²) in [5.74, 6) is -1.94. The molecule has 0 spiro atoms. The smallest absolute Gasteiger partial charge is 0.312 e. The molecule has 0 aliphatic carbocycles. The van der Waals surface area contributed by atoms with E-state index in [0.717, 1.165) is 6.26 Å². The molecule has 0 bridgehead atoms. The van der Waals surface area contributed by atoms with Gasteiger partial charge in [0.2, 0.25) is 0 Å².